The Morgan fingerprint density at radius 2 is 1.36 bits per heavy atom. The van der Waals surface area contributed by atoms with Crippen molar-refractivity contribution in [3.8, 4) is 5.75 Å². The highest BCUT2D eigenvalue weighted by molar-refractivity contribution is 5.98. The molecule has 0 bridgehead atoms. The van der Waals surface area contributed by atoms with E-state index in [1.165, 1.54) is 0 Å². The van der Waals surface area contributed by atoms with Gasteiger partial charge in [-0.25, -0.2) is 4.79 Å². The second-order valence-electron chi connectivity index (χ2n) is 13.6. The quantitative estimate of drug-likeness (QED) is 0.149. The molecule has 4 unspecified atom stereocenters. The Morgan fingerprint density at radius 1 is 0.780 bits per heavy atom. The van der Waals surface area contributed by atoms with E-state index in [2.05, 4.69) is 10.6 Å². The lowest BCUT2D eigenvalue weighted by Gasteiger charge is -2.25. The van der Waals surface area contributed by atoms with Gasteiger partial charge in [0, 0.05) is 12.3 Å². The largest absolute Gasteiger partial charge is 0.497 e. The lowest BCUT2D eigenvalue weighted by Crippen LogP contribution is -2.50. The number of ketones is 2. The molecule has 3 aromatic carbocycles. The van der Waals surface area contributed by atoms with Crippen LogP contribution in [0.3, 0.4) is 0 Å². The fraction of sp³-hybridized carbons (Fsp3) is 0.410. The van der Waals surface area contributed by atoms with Crippen molar-refractivity contribution < 1.29 is 42.9 Å². The summed E-state index contributed by atoms with van der Waals surface area (Å²) in [6.45, 7) is 6.96. The van der Waals surface area contributed by atoms with Crippen LogP contribution in [0.25, 0.3) is 0 Å². The number of rotatable bonds is 17. The molecule has 1 fully saturated rings. The Bertz CT molecular complexity index is 1610. The van der Waals surface area contributed by atoms with Gasteiger partial charge in [-0.2, -0.15) is 0 Å². The van der Waals surface area contributed by atoms with Gasteiger partial charge in [0.15, 0.2) is 11.6 Å². The summed E-state index contributed by atoms with van der Waals surface area (Å²) in [6, 6.07) is 23.1. The molecule has 0 radical (unpaired) electrons. The van der Waals surface area contributed by atoms with Crippen LogP contribution >= 0.6 is 0 Å². The van der Waals surface area contributed by atoms with Crippen LogP contribution in [0.4, 0.5) is 4.79 Å². The van der Waals surface area contributed by atoms with Gasteiger partial charge in [0.2, 0.25) is 5.91 Å². The summed E-state index contributed by atoms with van der Waals surface area (Å²) in [5, 5.41) is 5.42. The van der Waals surface area contributed by atoms with Crippen LogP contribution in [0.2, 0.25) is 0 Å². The number of ether oxygens (including phenoxy) is 4. The van der Waals surface area contributed by atoms with Crippen molar-refractivity contribution in [3.05, 3.63) is 102 Å². The van der Waals surface area contributed by atoms with Gasteiger partial charge in [-0.05, 0) is 69.4 Å². The monoisotopic (exact) mass is 686 g/mol. The first-order valence-electron chi connectivity index (χ1n) is 16.6. The molecule has 4 atom stereocenters. The SMILES string of the molecule is COc1ccc(CC(CC(=O)C(CC(=O)OC(C)(C)C)NC(=O)OCc2ccccc2)C(=O)NC(Cc2ccccc2)C(=O)C2(C)CO2)cc1. The zero-order valence-corrected chi connectivity index (χ0v) is 29.2. The molecule has 1 heterocycles. The van der Waals surface area contributed by atoms with Gasteiger partial charge in [-0.1, -0.05) is 72.8 Å². The number of methoxy groups -OCH3 is 1. The van der Waals surface area contributed by atoms with Crippen molar-refractivity contribution in [1.29, 1.82) is 0 Å². The molecular weight excluding hydrogens is 640 g/mol. The molecule has 266 valence electrons. The Labute approximate surface area is 293 Å². The molecule has 3 aromatic rings. The average Bonchev–Trinajstić information content (AvgIpc) is 3.84. The van der Waals surface area contributed by atoms with Crippen molar-refractivity contribution in [2.45, 2.75) is 83.3 Å². The maximum atomic E-state index is 14.1. The minimum Gasteiger partial charge on any atom is -0.497 e. The van der Waals surface area contributed by atoms with E-state index in [9.17, 15) is 24.0 Å². The summed E-state index contributed by atoms with van der Waals surface area (Å²) >= 11 is 0. The van der Waals surface area contributed by atoms with Crippen LogP contribution in [0.1, 0.15) is 57.2 Å². The summed E-state index contributed by atoms with van der Waals surface area (Å²) in [5.41, 5.74) is 0.475. The van der Waals surface area contributed by atoms with Gasteiger partial charge < -0.3 is 29.6 Å². The van der Waals surface area contributed by atoms with Crippen molar-refractivity contribution in [1.82, 2.24) is 10.6 Å². The number of hydrogen-bond donors (Lipinski definition) is 2. The zero-order valence-electron chi connectivity index (χ0n) is 29.2. The van der Waals surface area contributed by atoms with Crippen molar-refractivity contribution >= 4 is 29.5 Å². The molecule has 0 spiro atoms. The molecule has 11 nitrogen and oxygen atoms in total. The van der Waals surface area contributed by atoms with Gasteiger partial charge in [0.05, 0.1) is 26.2 Å². The van der Waals surface area contributed by atoms with Crippen LogP contribution in [0, 0.1) is 5.92 Å². The number of hydrogen-bond acceptors (Lipinski definition) is 9. The molecule has 11 heteroatoms. The normalized spacial score (nSPS) is 17.0. The summed E-state index contributed by atoms with van der Waals surface area (Å²) in [7, 11) is 1.54. The highest BCUT2D eigenvalue weighted by atomic mass is 16.6. The molecule has 1 aliphatic heterocycles. The Hall–Kier alpha value is -5.03. The van der Waals surface area contributed by atoms with E-state index in [1.807, 2.05) is 36.4 Å². The smallest absolute Gasteiger partial charge is 0.408 e. The van der Waals surface area contributed by atoms with Crippen molar-refractivity contribution in [3.63, 3.8) is 0 Å². The van der Waals surface area contributed by atoms with Crippen LogP contribution in [0.15, 0.2) is 84.9 Å². The highest BCUT2D eigenvalue weighted by Gasteiger charge is 2.50. The molecule has 0 saturated carbocycles. The maximum absolute atomic E-state index is 14.1. The first-order valence-corrected chi connectivity index (χ1v) is 16.6. The first-order chi connectivity index (χ1) is 23.7. The summed E-state index contributed by atoms with van der Waals surface area (Å²) in [4.78, 5) is 67.4. The van der Waals surface area contributed by atoms with Gasteiger partial charge in [-0.15, -0.1) is 0 Å². The van der Waals surface area contributed by atoms with Crippen LogP contribution in [-0.2, 0) is 52.8 Å². The summed E-state index contributed by atoms with van der Waals surface area (Å²) < 4.78 is 21.5. The number of carbonyl (C=O) groups is 5. The van der Waals surface area contributed by atoms with Crippen LogP contribution in [0.5, 0.6) is 5.75 Å². The summed E-state index contributed by atoms with van der Waals surface area (Å²) in [5.74, 6) is -2.44. The van der Waals surface area contributed by atoms with Gasteiger partial charge in [0.25, 0.3) is 0 Å². The third-order valence-corrected chi connectivity index (χ3v) is 8.16. The first kappa shape index (κ1) is 37.8. The molecule has 1 aliphatic rings. The number of Topliss-reactive ketones (excluding diaryl/α,β-unsaturated/α-hetero) is 2. The Balaban J connectivity index is 1.57. The third kappa shape index (κ3) is 11.8. The number of nitrogens with one attached hydrogen (secondary N) is 2. The number of carbonyl (C=O) groups excluding carboxylic acids is 5. The lowest BCUT2D eigenvalue weighted by atomic mass is 9.89. The second kappa shape index (κ2) is 17.1. The van der Waals surface area contributed by atoms with E-state index >= 15 is 0 Å². The predicted octanol–water partition coefficient (Wildman–Crippen LogP) is 4.93. The van der Waals surface area contributed by atoms with E-state index < -0.39 is 59.4 Å². The van der Waals surface area contributed by atoms with Crippen LogP contribution in [-0.4, -0.2) is 66.5 Å². The third-order valence-electron chi connectivity index (χ3n) is 8.16. The molecule has 0 aromatic heterocycles. The molecule has 1 saturated heterocycles. The van der Waals surface area contributed by atoms with E-state index in [4.69, 9.17) is 18.9 Å². The second-order valence-corrected chi connectivity index (χ2v) is 13.6. The van der Waals surface area contributed by atoms with E-state index in [0.717, 1.165) is 16.7 Å². The fourth-order valence-corrected chi connectivity index (χ4v) is 5.36. The van der Waals surface area contributed by atoms with E-state index in [0.29, 0.717) is 5.75 Å². The maximum Gasteiger partial charge on any atom is 0.408 e. The van der Waals surface area contributed by atoms with Crippen molar-refractivity contribution in [2.24, 2.45) is 5.92 Å². The van der Waals surface area contributed by atoms with E-state index in [-0.39, 0.29) is 38.3 Å². The van der Waals surface area contributed by atoms with E-state index in [1.54, 1.807) is 83.3 Å². The molecular formula is C39H46N2O9. The van der Waals surface area contributed by atoms with Gasteiger partial charge in [-0.3, -0.25) is 19.2 Å². The van der Waals surface area contributed by atoms with Crippen molar-refractivity contribution in [2.75, 3.05) is 13.7 Å². The summed E-state index contributed by atoms with van der Waals surface area (Å²) in [6.07, 6.45) is -1.39. The number of epoxide rings is 1. The molecule has 4 rings (SSSR count). The lowest BCUT2D eigenvalue weighted by molar-refractivity contribution is -0.156. The Morgan fingerprint density at radius 3 is 1.92 bits per heavy atom. The number of alkyl carbamates (subject to hydrolysis) is 1. The number of benzene rings is 3. The topological polar surface area (TPSA) is 150 Å². The van der Waals surface area contributed by atoms with Gasteiger partial charge >= 0.3 is 12.1 Å². The molecule has 2 amide bonds. The average molecular weight is 687 g/mol. The molecule has 0 aliphatic carbocycles. The minimum atomic E-state index is -1.35. The van der Waals surface area contributed by atoms with Crippen LogP contribution < -0.4 is 15.4 Å². The van der Waals surface area contributed by atoms with Gasteiger partial charge in [0.1, 0.15) is 29.6 Å². The standard InChI is InChI=1S/C39H46N2O9/c1-38(2,3)50-34(43)23-31(41-37(46)48-24-28-14-10-7-11-15-28)33(42)22-29(20-27-16-18-30(47-5)19-17-27)36(45)40-32(35(44)39(4)25-49-39)21-26-12-8-6-9-13-26/h6-19,29,31-32H,20-25H2,1-5H3,(H,40,45)(H,41,46). The fourth-order valence-electron chi connectivity index (χ4n) is 5.36. The Kier molecular flexibility index (Phi) is 12.9. The number of amides is 2. The molecule has 2 N–H and O–H groups in total. The molecule has 50 heavy (non-hydrogen) atoms. The highest BCUT2D eigenvalue weighted by Crippen LogP contribution is 2.29. The predicted molar refractivity (Wildman–Crippen MR) is 185 cm³/mol. The minimum absolute atomic E-state index is 0.0536. The zero-order chi connectivity index (χ0) is 36.3. The number of esters is 1.